The Morgan fingerprint density at radius 2 is 1.70 bits per heavy atom. The molecule has 6 heteroatoms. The van der Waals surface area contributed by atoms with Gasteiger partial charge in [0.1, 0.15) is 5.78 Å². The van der Waals surface area contributed by atoms with E-state index in [2.05, 4.69) is 59.3 Å². The van der Waals surface area contributed by atoms with Crippen molar-refractivity contribution in [1.82, 2.24) is 19.8 Å². The highest BCUT2D eigenvalue weighted by Gasteiger charge is 2.35. The second-order valence-corrected chi connectivity index (χ2v) is 8.95. The number of ketones is 1. The first-order chi connectivity index (χ1) is 14.3. The Labute approximate surface area is 183 Å². The van der Waals surface area contributed by atoms with Gasteiger partial charge in [0, 0.05) is 49.5 Å². The molecule has 0 amide bonds. The summed E-state index contributed by atoms with van der Waals surface area (Å²) in [6.07, 6.45) is 5.80. The maximum Gasteiger partial charge on any atom is 0.225 e. The predicted octanol–water partition coefficient (Wildman–Crippen LogP) is 3.07. The van der Waals surface area contributed by atoms with Crippen molar-refractivity contribution in [2.45, 2.75) is 72.5 Å². The second kappa shape index (κ2) is 11.4. The standard InChI is InChI=1S/C24H39N5O/c1-8-21-15-28(19(5)6)16-22(9-2)29(21)24-25-13-20(14-26-24)11-10-12-27(7)17-23(30)18(3)4/h13-14,18-19,21-22H,8-9,12,15-17H2,1-7H3. The van der Waals surface area contributed by atoms with E-state index in [0.29, 0.717) is 31.2 Å². The molecule has 166 valence electrons. The molecule has 1 aromatic heterocycles. The number of Topliss-reactive ketones (excluding diaryl/α,β-unsaturated/α-hetero) is 1. The van der Waals surface area contributed by atoms with Gasteiger partial charge in [0.05, 0.1) is 18.7 Å². The van der Waals surface area contributed by atoms with E-state index < -0.39 is 0 Å². The summed E-state index contributed by atoms with van der Waals surface area (Å²) in [5, 5.41) is 0. The van der Waals surface area contributed by atoms with Crippen LogP contribution in [0.4, 0.5) is 5.95 Å². The van der Waals surface area contributed by atoms with Crippen LogP contribution in [0.25, 0.3) is 0 Å². The maximum atomic E-state index is 11.8. The molecule has 0 saturated carbocycles. The average molecular weight is 414 g/mol. The van der Waals surface area contributed by atoms with Crippen LogP contribution in [0.5, 0.6) is 0 Å². The third-order valence-electron chi connectivity index (χ3n) is 5.87. The molecule has 1 saturated heterocycles. The Morgan fingerprint density at radius 1 is 1.13 bits per heavy atom. The van der Waals surface area contributed by atoms with Gasteiger partial charge in [0.15, 0.2) is 0 Å². The lowest BCUT2D eigenvalue weighted by molar-refractivity contribution is -0.122. The fourth-order valence-corrected chi connectivity index (χ4v) is 3.79. The minimum absolute atomic E-state index is 0.0580. The van der Waals surface area contributed by atoms with Crippen LogP contribution in [-0.4, -0.2) is 76.9 Å². The molecule has 1 fully saturated rings. The number of carbonyl (C=O) groups is 1. The van der Waals surface area contributed by atoms with Crippen molar-refractivity contribution in [2.24, 2.45) is 5.92 Å². The Bertz CT molecular complexity index is 720. The van der Waals surface area contributed by atoms with Crippen LogP contribution in [0.3, 0.4) is 0 Å². The van der Waals surface area contributed by atoms with Gasteiger partial charge in [-0.1, -0.05) is 39.5 Å². The van der Waals surface area contributed by atoms with Crippen LogP contribution in [-0.2, 0) is 4.79 Å². The number of nitrogens with zero attached hydrogens (tertiary/aromatic N) is 5. The van der Waals surface area contributed by atoms with Gasteiger partial charge in [-0.3, -0.25) is 14.6 Å². The normalized spacial score (nSPS) is 20.0. The number of piperazine rings is 1. The molecule has 1 aliphatic rings. The summed E-state index contributed by atoms with van der Waals surface area (Å²) in [5.41, 5.74) is 0.809. The number of hydrogen-bond donors (Lipinski definition) is 0. The highest BCUT2D eigenvalue weighted by molar-refractivity contribution is 5.82. The Hall–Kier alpha value is -1.97. The van der Waals surface area contributed by atoms with Gasteiger partial charge >= 0.3 is 0 Å². The molecule has 2 unspecified atom stereocenters. The van der Waals surface area contributed by atoms with E-state index in [1.807, 2.05) is 38.2 Å². The molecule has 0 spiro atoms. The van der Waals surface area contributed by atoms with E-state index >= 15 is 0 Å². The molecule has 2 rings (SSSR count). The SMILES string of the molecule is CCC1CN(C(C)C)CC(CC)N1c1ncc(C#CCN(C)CC(=O)C(C)C)cn1. The molecule has 0 radical (unpaired) electrons. The van der Waals surface area contributed by atoms with Gasteiger partial charge in [-0.05, 0) is 33.7 Å². The molecule has 1 aromatic rings. The number of anilines is 1. The second-order valence-electron chi connectivity index (χ2n) is 8.95. The molecule has 1 aliphatic heterocycles. The van der Waals surface area contributed by atoms with Gasteiger partial charge in [-0.25, -0.2) is 9.97 Å². The lowest BCUT2D eigenvalue weighted by Crippen LogP contribution is -2.60. The van der Waals surface area contributed by atoms with Crippen molar-refractivity contribution < 1.29 is 4.79 Å². The average Bonchev–Trinajstić information content (AvgIpc) is 2.73. The fraction of sp³-hybridized carbons (Fsp3) is 0.708. The van der Waals surface area contributed by atoms with Gasteiger partial charge in [-0.2, -0.15) is 0 Å². The first-order valence-electron chi connectivity index (χ1n) is 11.3. The van der Waals surface area contributed by atoms with Gasteiger partial charge < -0.3 is 4.90 Å². The van der Waals surface area contributed by atoms with E-state index in [-0.39, 0.29) is 11.7 Å². The summed E-state index contributed by atoms with van der Waals surface area (Å²) >= 11 is 0. The molecule has 0 bridgehead atoms. The van der Waals surface area contributed by atoms with Gasteiger partial charge in [0.2, 0.25) is 5.95 Å². The van der Waals surface area contributed by atoms with Crippen LogP contribution in [0, 0.1) is 17.8 Å². The van der Waals surface area contributed by atoms with Crippen molar-refractivity contribution in [1.29, 1.82) is 0 Å². The molecular formula is C24H39N5O. The zero-order chi connectivity index (χ0) is 22.3. The zero-order valence-corrected chi connectivity index (χ0v) is 19.9. The molecule has 0 aliphatic carbocycles. The number of aromatic nitrogens is 2. The Morgan fingerprint density at radius 3 is 2.17 bits per heavy atom. The molecule has 2 heterocycles. The van der Waals surface area contributed by atoms with Crippen molar-refractivity contribution >= 4 is 11.7 Å². The zero-order valence-electron chi connectivity index (χ0n) is 19.9. The monoisotopic (exact) mass is 413 g/mol. The van der Waals surface area contributed by atoms with E-state index in [4.69, 9.17) is 0 Å². The Balaban J connectivity index is 2.05. The highest BCUT2D eigenvalue weighted by Crippen LogP contribution is 2.26. The highest BCUT2D eigenvalue weighted by atomic mass is 16.1. The molecule has 0 aromatic carbocycles. The minimum atomic E-state index is 0.0580. The number of likely N-dealkylation sites (N-methyl/N-ethyl adjacent to an activating group) is 1. The first kappa shape index (κ1) is 24.3. The van der Waals surface area contributed by atoms with Crippen LogP contribution >= 0.6 is 0 Å². The first-order valence-corrected chi connectivity index (χ1v) is 11.3. The van der Waals surface area contributed by atoms with Gasteiger partial charge in [0.25, 0.3) is 0 Å². The van der Waals surface area contributed by atoms with Crippen molar-refractivity contribution in [2.75, 3.05) is 38.1 Å². The van der Waals surface area contributed by atoms with E-state index in [1.165, 1.54) is 0 Å². The summed E-state index contributed by atoms with van der Waals surface area (Å²) in [6, 6.07) is 1.41. The minimum Gasteiger partial charge on any atom is -0.332 e. The molecule has 30 heavy (non-hydrogen) atoms. The van der Waals surface area contributed by atoms with Crippen LogP contribution < -0.4 is 4.90 Å². The van der Waals surface area contributed by atoms with Crippen molar-refractivity contribution in [3.8, 4) is 11.8 Å². The topological polar surface area (TPSA) is 52.6 Å². The lowest BCUT2D eigenvalue weighted by atomic mass is 10.0. The van der Waals surface area contributed by atoms with Crippen LogP contribution in [0.1, 0.15) is 59.9 Å². The Kier molecular flexibility index (Phi) is 9.26. The summed E-state index contributed by atoms with van der Waals surface area (Å²) in [4.78, 5) is 28.1. The molecule has 0 N–H and O–H groups in total. The largest absolute Gasteiger partial charge is 0.332 e. The van der Waals surface area contributed by atoms with Crippen molar-refractivity contribution in [3.63, 3.8) is 0 Å². The molecule has 2 atom stereocenters. The van der Waals surface area contributed by atoms with E-state index in [9.17, 15) is 4.79 Å². The molecular weight excluding hydrogens is 374 g/mol. The van der Waals surface area contributed by atoms with Crippen LogP contribution in [0.15, 0.2) is 12.4 Å². The fourth-order valence-electron chi connectivity index (χ4n) is 3.79. The lowest BCUT2D eigenvalue weighted by Gasteiger charge is -2.48. The number of rotatable bonds is 8. The van der Waals surface area contributed by atoms with Gasteiger partial charge in [-0.15, -0.1) is 0 Å². The summed E-state index contributed by atoms with van der Waals surface area (Å²) in [7, 11) is 1.92. The quantitative estimate of drug-likeness (QED) is 0.611. The smallest absolute Gasteiger partial charge is 0.225 e. The third-order valence-corrected chi connectivity index (χ3v) is 5.87. The van der Waals surface area contributed by atoms with E-state index in [0.717, 1.165) is 37.4 Å². The summed E-state index contributed by atoms with van der Waals surface area (Å²) in [6.45, 7) is 16.0. The summed E-state index contributed by atoms with van der Waals surface area (Å²) < 4.78 is 0. The number of hydrogen-bond acceptors (Lipinski definition) is 6. The maximum absolute atomic E-state index is 11.8. The van der Waals surface area contributed by atoms with Crippen LogP contribution in [0.2, 0.25) is 0 Å². The number of carbonyl (C=O) groups excluding carboxylic acids is 1. The van der Waals surface area contributed by atoms with E-state index in [1.54, 1.807) is 0 Å². The third kappa shape index (κ3) is 6.52. The summed E-state index contributed by atoms with van der Waals surface area (Å²) in [5.74, 6) is 7.35. The predicted molar refractivity (Wildman–Crippen MR) is 124 cm³/mol. The van der Waals surface area contributed by atoms with Crippen molar-refractivity contribution in [3.05, 3.63) is 18.0 Å². The molecule has 6 nitrogen and oxygen atoms in total.